The van der Waals surface area contributed by atoms with Crippen molar-refractivity contribution < 1.29 is 4.79 Å². The van der Waals surface area contributed by atoms with Crippen molar-refractivity contribution >= 4 is 11.6 Å². The van der Waals surface area contributed by atoms with E-state index in [1.54, 1.807) is 0 Å². The average molecular weight is 227 g/mol. The van der Waals surface area contributed by atoms with Crippen LogP contribution in [0.2, 0.25) is 0 Å². The van der Waals surface area contributed by atoms with Crippen LogP contribution < -0.4 is 4.90 Å². The highest BCUT2D eigenvalue weighted by atomic mass is 16.2. The van der Waals surface area contributed by atoms with E-state index in [1.165, 1.54) is 42.5 Å². The highest BCUT2D eigenvalue weighted by molar-refractivity contribution is 5.99. The molecular formula is C15H17NO. The number of aryl methyl sites for hydroxylation is 1. The molecule has 1 aromatic rings. The SMILES string of the molecule is O=C1CCc2cccc3c2N1C1CCCCC31. The fourth-order valence-electron chi connectivity index (χ4n) is 4.03. The van der Waals surface area contributed by atoms with Gasteiger partial charge in [0.25, 0.3) is 0 Å². The third kappa shape index (κ3) is 1.18. The fraction of sp³-hybridized carbons (Fsp3) is 0.533. The molecule has 1 aliphatic carbocycles. The van der Waals surface area contributed by atoms with Gasteiger partial charge in [0, 0.05) is 18.4 Å². The lowest BCUT2D eigenvalue weighted by Gasteiger charge is -2.34. The van der Waals surface area contributed by atoms with Crippen molar-refractivity contribution in [3.05, 3.63) is 29.3 Å². The number of rotatable bonds is 0. The Morgan fingerprint density at radius 1 is 1.12 bits per heavy atom. The molecule has 0 bridgehead atoms. The molecule has 1 aromatic carbocycles. The highest BCUT2D eigenvalue weighted by Gasteiger charge is 2.44. The van der Waals surface area contributed by atoms with E-state index in [0.29, 0.717) is 24.3 Å². The van der Waals surface area contributed by atoms with Gasteiger partial charge in [0.05, 0.1) is 5.69 Å². The molecule has 2 atom stereocenters. The molecule has 2 unspecified atom stereocenters. The van der Waals surface area contributed by atoms with Crippen molar-refractivity contribution in [1.29, 1.82) is 0 Å². The molecule has 1 amide bonds. The molecule has 4 rings (SSSR count). The molecule has 0 N–H and O–H groups in total. The topological polar surface area (TPSA) is 20.3 Å². The van der Waals surface area contributed by atoms with E-state index in [4.69, 9.17) is 0 Å². The number of amides is 1. The summed E-state index contributed by atoms with van der Waals surface area (Å²) in [4.78, 5) is 14.4. The number of anilines is 1. The zero-order valence-electron chi connectivity index (χ0n) is 9.98. The Morgan fingerprint density at radius 3 is 2.94 bits per heavy atom. The monoisotopic (exact) mass is 227 g/mol. The summed E-state index contributed by atoms with van der Waals surface area (Å²) in [5.74, 6) is 0.986. The second kappa shape index (κ2) is 3.34. The molecule has 88 valence electrons. The summed E-state index contributed by atoms with van der Waals surface area (Å²) < 4.78 is 0. The molecule has 1 saturated carbocycles. The van der Waals surface area contributed by atoms with Gasteiger partial charge in [0.1, 0.15) is 0 Å². The van der Waals surface area contributed by atoms with E-state index in [1.807, 2.05) is 0 Å². The van der Waals surface area contributed by atoms with Gasteiger partial charge < -0.3 is 4.90 Å². The van der Waals surface area contributed by atoms with Crippen molar-refractivity contribution in [1.82, 2.24) is 0 Å². The van der Waals surface area contributed by atoms with Crippen LogP contribution in [0.3, 0.4) is 0 Å². The number of para-hydroxylation sites is 1. The summed E-state index contributed by atoms with van der Waals surface area (Å²) in [6.45, 7) is 0. The summed E-state index contributed by atoms with van der Waals surface area (Å²) >= 11 is 0. The number of carbonyl (C=O) groups excluding carboxylic acids is 1. The molecule has 3 aliphatic rings. The molecular weight excluding hydrogens is 210 g/mol. The number of carbonyl (C=O) groups is 1. The maximum atomic E-state index is 12.2. The van der Waals surface area contributed by atoms with E-state index < -0.39 is 0 Å². The summed E-state index contributed by atoms with van der Waals surface area (Å²) in [5.41, 5.74) is 4.15. The lowest BCUT2D eigenvalue weighted by molar-refractivity contribution is -0.119. The minimum Gasteiger partial charge on any atom is -0.308 e. The fourth-order valence-corrected chi connectivity index (χ4v) is 4.03. The van der Waals surface area contributed by atoms with Crippen LogP contribution in [0.4, 0.5) is 5.69 Å². The molecule has 1 fully saturated rings. The molecule has 17 heavy (non-hydrogen) atoms. The Balaban J connectivity index is 1.93. The van der Waals surface area contributed by atoms with Crippen LogP contribution in [-0.4, -0.2) is 11.9 Å². The maximum Gasteiger partial charge on any atom is 0.227 e. The van der Waals surface area contributed by atoms with Gasteiger partial charge in [-0.15, -0.1) is 0 Å². The molecule has 0 spiro atoms. The lowest BCUT2D eigenvalue weighted by Crippen LogP contribution is -2.42. The average Bonchev–Trinajstić information content (AvgIpc) is 2.71. The lowest BCUT2D eigenvalue weighted by atomic mass is 9.82. The zero-order chi connectivity index (χ0) is 11.4. The maximum absolute atomic E-state index is 12.2. The van der Waals surface area contributed by atoms with Crippen molar-refractivity contribution in [2.45, 2.75) is 50.5 Å². The van der Waals surface area contributed by atoms with Gasteiger partial charge in [0.15, 0.2) is 0 Å². The van der Waals surface area contributed by atoms with Gasteiger partial charge >= 0.3 is 0 Å². The van der Waals surface area contributed by atoms with Gasteiger partial charge in [-0.25, -0.2) is 0 Å². The van der Waals surface area contributed by atoms with Gasteiger partial charge in [-0.1, -0.05) is 31.0 Å². The summed E-state index contributed by atoms with van der Waals surface area (Å²) in [6.07, 6.45) is 6.73. The van der Waals surface area contributed by atoms with Crippen LogP contribution in [0.25, 0.3) is 0 Å². The van der Waals surface area contributed by atoms with Crippen LogP contribution in [0.1, 0.15) is 49.1 Å². The molecule has 0 saturated heterocycles. The summed E-state index contributed by atoms with van der Waals surface area (Å²) in [5, 5.41) is 0. The van der Waals surface area contributed by atoms with E-state index >= 15 is 0 Å². The third-order valence-corrected chi connectivity index (χ3v) is 4.73. The first-order chi connectivity index (χ1) is 8.36. The molecule has 2 nitrogen and oxygen atoms in total. The predicted octanol–water partition coefficient (Wildman–Crippen LogP) is 3.01. The molecule has 2 heteroatoms. The van der Waals surface area contributed by atoms with Gasteiger partial charge in [-0.05, 0) is 30.4 Å². The van der Waals surface area contributed by atoms with Crippen LogP contribution in [-0.2, 0) is 11.2 Å². The van der Waals surface area contributed by atoms with Crippen molar-refractivity contribution in [3.63, 3.8) is 0 Å². The van der Waals surface area contributed by atoms with Crippen molar-refractivity contribution in [2.75, 3.05) is 4.90 Å². The van der Waals surface area contributed by atoms with Crippen LogP contribution >= 0.6 is 0 Å². The smallest absolute Gasteiger partial charge is 0.227 e. The normalized spacial score (nSPS) is 30.1. The second-order valence-electron chi connectivity index (χ2n) is 5.58. The first kappa shape index (κ1) is 9.69. The zero-order valence-corrected chi connectivity index (χ0v) is 9.98. The highest BCUT2D eigenvalue weighted by Crippen LogP contribution is 2.50. The first-order valence-electron chi connectivity index (χ1n) is 6.80. The molecule has 0 radical (unpaired) electrons. The Labute approximate surface area is 102 Å². The Morgan fingerprint density at radius 2 is 2.00 bits per heavy atom. The van der Waals surface area contributed by atoms with Crippen molar-refractivity contribution in [2.24, 2.45) is 0 Å². The molecule has 2 heterocycles. The Hall–Kier alpha value is -1.31. The van der Waals surface area contributed by atoms with Gasteiger partial charge in [-0.3, -0.25) is 4.79 Å². The second-order valence-corrected chi connectivity index (χ2v) is 5.58. The quantitative estimate of drug-likeness (QED) is 0.667. The number of nitrogens with zero attached hydrogens (tertiary/aromatic N) is 1. The molecule has 2 aliphatic heterocycles. The van der Waals surface area contributed by atoms with E-state index in [9.17, 15) is 4.79 Å². The number of fused-ring (bicyclic) bond motifs is 3. The number of benzene rings is 1. The van der Waals surface area contributed by atoms with Crippen molar-refractivity contribution in [3.8, 4) is 0 Å². The largest absolute Gasteiger partial charge is 0.308 e. The van der Waals surface area contributed by atoms with Gasteiger partial charge in [-0.2, -0.15) is 0 Å². The third-order valence-electron chi connectivity index (χ3n) is 4.73. The minimum absolute atomic E-state index is 0.361. The van der Waals surface area contributed by atoms with Crippen LogP contribution in [0, 0.1) is 0 Å². The predicted molar refractivity (Wildman–Crippen MR) is 67.2 cm³/mol. The van der Waals surface area contributed by atoms with Crippen LogP contribution in [0.5, 0.6) is 0 Å². The standard InChI is InChI=1S/C15H17NO/c17-14-9-8-10-4-3-6-12-11-5-1-2-7-13(11)16(14)15(10)12/h3-4,6,11,13H,1-2,5,7-9H2. The van der Waals surface area contributed by atoms with E-state index in [2.05, 4.69) is 23.1 Å². The minimum atomic E-state index is 0.361. The summed E-state index contributed by atoms with van der Waals surface area (Å²) in [7, 11) is 0. The van der Waals surface area contributed by atoms with E-state index in [0.717, 1.165) is 6.42 Å². The molecule has 0 aromatic heterocycles. The Kier molecular flexibility index (Phi) is 1.91. The number of hydrogen-bond acceptors (Lipinski definition) is 1. The Bertz CT molecular complexity index is 494. The number of hydrogen-bond donors (Lipinski definition) is 0. The van der Waals surface area contributed by atoms with Crippen LogP contribution in [0.15, 0.2) is 18.2 Å². The first-order valence-corrected chi connectivity index (χ1v) is 6.80. The van der Waals surface area contributed by atoms with E-state index in [-0.39, 0.29) is 0 Å². The summed E-state index contributed by atoms with van der Waals surface area (Å²) in [6, 6.07) is 7.11. The van der Waals surface area contributed by atoms with Gasteiger partial charge in [0.2, 0.25) is 5.91 Å².